The lowest BCUT2D eigenvalue weighted by Crippen LogP contribution is -2.38. The molecule has 0 bridgehead atoms. The molecule has 3 N–H and O–H groups in total. The van der Waals surface area contributed by atoms with Crippen molar-refractivity contribution in [1.29, 1.82) is 0 Å². The molecule has 0 saturated heterocycles. The SMILES string of the molecule is Cc1nn(C)c(C)c1CC(Cc1ccn(C)n1)NN. The van der Waals surface area contributed by atoms with E-state index in [2.05, 4.69) is 22.5 Å². The summed E-state index contributed by atoms with van der Waals surface area (Å²) in [7, 11) is 3.89. The van der Waals surface area contributed by atoms with E-state index in [1.807, 2.05) is 42.6 Å². The van der Waals surface area contributed by atoms with Crippen molar-refractivity contribution < 1.29 is 0 Å². The molecule has 6 nitrogen and oxygen atoms in total. The van der Waals surface area contributed by atoms with Gasteiger partial charge in [0.05, 0.1) is 11.4 Å². The number of rotatable bonds is 5. The van der Waals surface area contributed by atoms with Gasteiger partial charge in [-0.2, -0.15) is 10.2 Å². The van der Waals surface area contributed by atoms with Gasteiger partial charge >= 0.3 is 0 Å². The van der Waals surface area contributed by atoms with Gasteiger partial charge in [-0.25, -0.2) is 0 Å². The second kappa shape index (κ2) is 5.54. The number of aryl methyl sites for hydroxylation is 3. The molecule has 1 atom stereocenters. The maximum atomic E-state index is 5.67. The van der Waals surface area contributed by atoms with Crippen LogP contribution in [0.5, 0.6) is 0 Å². The third kappa shape index (κ3) is 3.02. The zero-order chi connectivity index (χ0) is 14.0. The summed E-state index contributed by atoms with van der Waals surface area (Å²) in [6.45, 7) is 4.13. The minimum Gasteiger partial charge on any atom is -0.276 e. The van der Waals surface area contributed by atoms with Crippen molar-refractivity contribution in [2.75, 3.05) is 0 Å². The maximum Gasteiger partial charge on any atom is 0.0640 e. The van der Waals surface area contributed by atoms with Gasteiger partial charge in [-0.05, 0) is 31.9 Å². The monoisotopic (exact) mass is 262 g/mol. The lowest BCUT2D eigenvalue weighted by Gasteiger charge is -2.15. The van der Waals surface area contributed by atoms with E-state index < -0.39 is 0 Å². The highest BCUT2D eigenvalue weighted by Crippen LogP contribution is 2.15. The Morgan fingerprint density at radius 2 is 2.00 bits per heavy atom. The van der Waals surface area contributed by atoms with E-state index in [-0.39, 0.29) is 6.04 Å². The number of nitrogens with two attached hydrogens (primary N) is 1. The number of aromatic nitrogens is 4. The van der Waals surface area contributed by atoms with E-state index in [1.54, 1.807) is 0 Å². The number of hydrazine groups is 1. The first-order valence-electron chi connectivity index (χ1n) is 6.45. The number of nitrogens with one attached hydrogen (secondary N) is 1. The second-order valence-electron chi connectivity index (χ2n) is 5.03. The van der Waals surface area contributed by atoms with E-state index >= 15 is 0 Å². The van der Waals surface area contributed by atoms with E-state index in [4.69, 9.17) is 5.84 Å². The Balaban J connectivity index is 2.10. The molecule has 19 heavy (non-hydrogen) atoms. The topological polar surface area (TPSA) is 73.7 Å². The van der Waals surface area contributed by atoms with E-state index in [0.29, 0.717) is 0 Å². The third-order valence-electron chi connectivity index (χ3n) is 3.57. The fraction of sp³-hybridized carbons (Fsp3) is 0.538. The van der Waals surface area contributed by atoms with Crippen LogP contribution in [-0.2, 0) is 26.9 Å². The van der Waals surface area contributed by atoms with Gasteiger partial charge in [0.1, 0.15) is 0 Å². The normalized spacial score (nSPS) is 12.9. The fourth-order valence-electron chi connectivity index (χ4n) is 2.37. The molecule has 2 aromatic rings. The Morgan fingerprint density at radius 3 is 2.47 bits per heavy atom. The summed E-state index contributed by atoms with van der Waals surface area (Å²) in [6.07, 6.45) is 3.62. The smallest absolute Gasteiger partial charge is 0.0640 e. The van der Waals surface area contributed by atoms with Crippen LogP contribution in [0.15, 0.2) is 12.3 Å². The second-order valence-corrected chi connectivity index (χ2v) is 5.03. The molecule has 0 aliphatic rings. The number of nitrogens with zero attached hydrogens (tertiary/aromatic N) is 4. The lowest BCUT2D eigenvalue weighted by molar-refractivity contribution is 0.512. The zero-order valence-electron chi connectivity index (χ0n) is 12.0. The number of hydrogen-bond donors (Lipinski definition) is 2. The molecule has 2 heterocycles. The van der Waals surface area contributed by atoms with Gasteiger partial charge in [-0.3, -0.25) is 20.6 Å². The molecule has 104 valence electrons. The molecule has 2 rings (SSSR count). The standard InChI is InChI=1S/C13H22N6/c1-9-13(10(2)19(4)16-9)8-12(15-14)7-11-5-6-18(3)17-11/h5-6,12,15H,7-8,14H2,1-4H3. The molecule has 0 aliphatic heterocycles. The first-order chi connectivity index (χ1) is 9.01. The van der Waals surface area contributed by atoms with Crippen LogP contribution in [0.3, 0.4) is 0 Å². The van der Waals surface area contributed by atoms with E-state index in [0.717, 1.165) is 24.2 Å². The highest BCUT2D eigenvalue weighted by molar-refractivity contribution is 5.25. The Bertz CT molecular complexity index is 553. The molecular formula is C13H22N6. The Morgan fingerprint density at radius 1 is 1.26 bits per heavy atom. The van der Waals surface area contributed by atoms with Crippen molar-refractivity contribution in [3.05, 3.63) is 34.9 Å². The van der Waals surface area contributed by atoms with Crippen LogP contribution in [0, 0.1) is 13.8 Å². The van der Waals surface area contributed by atoms with Crippen LogP contribution in [0.25, 0.3) is 0 Å². The van der Waals surface area contributed by atoms with Crippen molar-refractivity contribution in [2.45, 2.75) is 32.7 Å². The first kappa shape index (κ1) is 13.8. The van der Waals surface area contributed by atoms with Crippen molar-refractivity contribution >= 4 is 0 Å². The van der Waals surface area contributed by atoms with Gasteiger partial charge in [-0.1, -0.05) is 0 Å². The predicted molar refractivity (Wildman–Crippen MR) is 74.4 cm³/mol. The Labute approximate surface area is 113 Å². The van der Waals surface area contributed by atoms with Gasteiger partial charge in [0.25, 0.3) is 0 Å². The first-order valence-corrected chi connectivity index (χ1v) is 6.45. The highest BCUT2D eigenvalue weighted by atomic mass is 15.3. The van der Waals surface area contributed by atoms with Crippen LogP contribution in [-0.4, -0.2) is 25.6 Å². The van der Waals surface area contributed by atoms with Gasteiger partial charge < -0.3 is 0 Å². The molecule has 0 radical (unpaired) electrons. The average molecular weight is 262 g/mol. The van der Waals surface area contributed by atoms with Crippen LogP contribution >= 0.6 is 0 Å². The quantitative estimate of drug-likeness (QED) is 0.604. The van der Waals surface area contributed by atoms with Gasteiger partial charge in [-0.15, -0.1) is 0 Å². The predicted octanol–water partition coefficient (Wildman–Crippen LogP) is 0.388. The zero-order valence-corrected chi connectivity index (χ0v) is 12.0. The summed E-state index contributed by atoms with van der Waals surface area (Å²) in [5, 5.41) is 8.83. The molecule has 0 aromatic carbocycles. The molecular weight excluding hydrogens is 240 g/mol. The van der Waals surface area contributed by atoms with Gasteiger partial charge in [0.2, 0.25) is 0 Å². The molecule has 1 unspecified atom stereocenters. The minimum atomic E-state index is 0.163. The van der Waals surface area contributed by atoms with Crippen molar-refractivity contribution in [2.24, 2.45) is 19.9 Å². The summed E-state index contributed by atoms with van der Waals surface area (Å²) < 4.78 is 3.72. The summed E-state index contributed by atoms with van der Waals surface area (Å²) in [6, 6.07) is 2.18. The Kier molecular flexibility index (Phi) is 4.01. The van der Waals surface area contributed by atoms with Crippen molar-refractivity contribution in [3.8, 4) is 0 Å². The maximum absolute atomic E-state index is 5.67. The van der Waals surface area contributed by atoms with Crippen LogP contribution in [0.2, 0.25) is 0 Å². The Hall–Kier alpha value is -1.66. The fourth-order valence-corrected chi connectivity index (χ4v) is 2.37. The van der Waals surface area contributed by atoms with Gasteiger partial charge in [0.15, 0.2) is 0 Å². The van der Waals surface area contributed by atoms with E-state index in [1.165, 1.54) is 11.3 Å². The molecule has 6 heteroatoms. The molecule has 0 fully saturated rings. The summed E-state index contributed by atoms with van der Waals surface area (Å²) in [5.74, 6) is 5.67. The number of hydrogen-bond acceptors (Lipinski definition) is 4. The lowest BCUT2D eigenvalue weighted by atomic mass is 10.0. The van der Waals surface area contributed by atoms with E-state index in [9.17, 15) is 0 Å². The minimum absolute atomic E-state index is 0.163. The average Bonchev–Trinajstić information content (AvgIpc) is 2.87. The highest BCUT2D eigenvalue weighted by Gasteiger charge is 2.16. The largest absolute Gasteiger partial charge is 0.276 e. The summed E-state index contributed by atoms with van der Waals surface area (Å²) in [4.78, 5) is 0. The van der Waals surface area contributed by atoms with Crippen LogP contribution in [0.4, 0.5) is 0 Å². The molecule has 2 aromatic heterocycles. The molecule has 0 aliphatic carbocycles. The third-order valence-corrected chi connectivity index (χ3v) is 3.57. The van der Waals surface area contributed by atoms with Crippen molar-refractivity contribution in [3.63, 3.8) is 0 Å². The van der Waals surface area contributed by atoms with Crippen LogP contribution in [0.1, 0.15) is 22.6 Å². The summed E-state index contributed by atoms with van der Waals surface area (Å²) >= 11 is 0. The van der Waals surface area contributed by atoms with Crippen LogP contribution < -0.4 is 11.3 Å². The molecule has 0 saturated carbocycles. The molecule has 0 spiro atoms. The molecule has 0 amide bonds. The summed E-state index contributed by atoms with van der Waals surface area (Å²) in [5.41, 5.74) is 7.46. The van der Waals surface area contributed by atoms with Gasteiger partial charge in [0, 0.05) is 38.4 Å². The van der Waals surface area contributed by atoms with Crippen molar-refractivity contribution in [1.82, 2.24) is 25.0 Å².